The van der Waals surface area contributed by atoms with E-state index in [1.54, 1.807) is 6.20 Å². The molecule has 0 aromatic carbocycles. The lowest BCUT2D eigenvalue weighted by Crippen LogP contribution is -2.20. The molecule has 4 heteroatoms. The van der Waals surface area contributed by atoms with Gasteiger partial charge in [0.05, 0.1) is 0 Å². The van der Waals surface area contributed by atoms with E-state index >= 15 is 0 Å². The summed E-state index contributed by atoms with van der Waals surface area (Å²) in [5, 5.41) is 3.47. The van der Waals surface area contributed by atoms with Crippen LogP contribution in [0.2, 0.25) is 0 Å². The Balaban J connectivity index is 2.28. The van der Waals surface area contributed by atoms with Gasteiger partial charge in [-0.25, -0.2) is 9.97 Å². The van der Waals surface area contributed by atoms with Crippen molar-refractivity contribution >= 4 is 0 Å². The third kappa shape index (κ3) is 3.20. The van der Waals surface area contributed by atoms with Gasteiger partial charge in [0.1, 0.15) is 0 Å². The summed E-state index contributed by atoms with van der Waals surface area (Å²) in [6.45, 7) is 9.39. The highest BCUT2D eigenvalue weighted by atomic mass is 14.9. The minimum absolute atomic E-state index is 0.280. The van der Waals surface area contributed by atoms with Crippen LogP contribution < -0.4 is 5.32 Å². The van der Waals surface area contributed by atoms with Gasteiger partial charge < -0.3 is 5.32 Å². The number of hydrogen-bond donors (Lipinski definition) is 1. The maximum atomic E-state index is 4.65. The van der Waals surface area contributed by atoms with Crippen LogP contribution in [0.5, 0.6) is 0 Å². The van der Waals surface area contributed by atoms with Crippen LogP contribution in [0.25, 0.3) is 11.4 Å². The molecule has 2 heterocycles. The van der Waals surface area contributed by atoms with Crippen LogP contribution in [0.3, 0.4) is 0 Å². The molecule has 2 aromatic heterocycles. The molecule has 0 saturated carbocycles. The summed E-state index contributed by atoms with van der Waals surface area (Å²) in [4.78, 5) is 13.3. The summed E-state index contributed by atoms with van der Waals surface area (Å²) in [7, 11) is 0. The van der Waals surface area contributed by atoms with Gasteiger partial charge in [-0.15, -0.1) is 0 Å². The van der Waals surface area contributed by atoms with E-state index < -0.39 is 0 Å². The highest BCUT2D eigenvalue weighted by Crippen LogP contribution is 2.21. The van der Waals surface area contributed by atoms with Crippen molar-refractivity contribution < 1.29 is 0 Å². The van der Waals surface area contributed by atoms with Gasteiger partial charge in [0.15, 0.2) is 5.82 Å². The van der Waals surface area contributed by atoms with E-state index in [0.29, 0.717) is 0 Å². The van der Waals surface area contributed by atoms with Crippen LogP contribution in [0.1, 0.15) is 43.1 Å². The average Bonchev–Trinajstić information content (AvgIpc) is 2.45. The Bertz CT molecular complexity index is 580. The van der Waals surface area contributed by atoms with Crippen LogP contribution in [0.4, 0.5) is 0 Å². The fraction of sp³-hybridized carbons (Fsp3) is 0.438. The van der Waals surface area contributed by atoms with Gasteiger partial charge in [-0.2, -0.15) is 0 Å². The molecule has 4 nitrogen and oxygen atoms in total. The van der Waals surface area contributed by atoms with Crippen LogP contribution in [0.15, 0.2) is 24.7 Å². The zero-order valence-corrected chi connectivity index (χ0v) is 12.6. The van der Waals surface area contributed by atoms with Crippen molar-refractivity contribution in [3.05, 3.63) is 41.5 Å². The predicted molar refractivity (Wildman–Crippen MR) is 81.4 cm³/mol. The van der Waals surface area contributed by atoms with E-state index in [1.807, 2.05) is 32.3 Å². The Hall–Kier alpha value is -1.81. The third-order valence-corrected chi connectivity index (χ3v) is 3.45. The lowest BCUT2D eigenvalue weighted by molar-refractivity contribution is 0.564. The fourth-order valence-electron chi connectivity index (χ4n) is 2.23. The van der Waals surface area contributed by atoms with Crippen molar-refractivity contribution in [3.63, 3.8) is 0 Å². The van der Waals surface area contributed by atoms with E-state index in [1.165, 1.54) is 0 Å². The van der Waals surface area contributed by atoms with Crippen molar-refractivity contribution in [1.29, 1.82) is 0 Å². The minimum atomic E-state index is 0.280. The van der Waals surface area contributed by atoms with Crippen molar-refractivity contribution in [2.45, 2.75) is 40.2 Å². The van der Waals surface area contributed by atoms with Crippen LogP contribution in [-0.4, -0.2) is 21.5 Å². The normalized spacial score (nSPS) is 12.4. The molecule has 0 aliphatic rings. The number of pyridine rings is 1. The van der Waals surface area contributed by atoms with E-state index in [-0.39, 0.29) is 6.04 Å². The molecule has 0 aliphatic carbocycles. The molecular formula is C16H22N4. The number of aromatic nitrogens is 3. The summed E-state index contributed by atoms with van der Waals surface area (Å²) in [5.74, 6) is 0.772. The van der Waals surface area contributed by atoms with E-state index in [4.69, 9.17) is 0 Å². The number of aryl methyl sites for hydroxylation is 2. The molecule has 1 unspecified atom stereocenters. The molecule has 0 saturated heterocycles. The van der Waals surface area contributed by atoms with Crippen molar-refractivity contribution in [3.8, 4) is 11.4 Å². The van der Waals surface area contributed by atoms with Gasteiger partial charge in [-0.3, -0.25) is 4.98 Å². The van der Waals surface area contributed by atoms with Crippen LogP contribution in [-0.2, 0) is 0 Å². The number of nitrogens with one attached hydrogen (secondary N) is 1. The predicted octanol–water partition coefficient (Wildman–Crippen LogP) is 3.22. The molecule has 2 aromatic rings. The molecule has 0 aliphatic heterocycles. The second-order valence-corrected chi connectivity index (χ2v) is 5.10. The average molecular weight is 270 g/mol. The molecule has 1 atom stereocenters. The zero-order chi connectivity index (χ0) is 14.5. The minimum Gasteiger partial charge on any atom is -0.310 e. The zero-order valence-electron chi connectivity index (χ0n) is 12.6. The summed E-state index contributed by atoms with van der Waals surface area (Å²) in [5.41, 5.74) is 4.33. The maximum absolute atomic E-state index is 4.65. The molecule has 0 fully saturated rings. The Kier molecular flexibility index (Phi) is 4.79. The lowest BCUT2D eigenvalue weighted by Gasteiger charge is -2.16. The van der Waals surface area contributed by atoms with Crippen molar-refractivity contribution in [2.75, 3.05) is 6.54 Å². The van der Waals surface area contributed by atoms with Crippen LogP contribution in [0, 0.1) is 13.8 Å². The molecule has 106 valence electrons. The van der Waals surface area contributed by atoms with E-state index in [2.05, 4.69) is 34.1 Å². The van der Waals surface area contributed by atoms with Gasteiger partial charge in [-0.05, 0) is 45.4 Å². The second-order valence-electron chi connectivity index (χ2n) is 5.10. The molecule has 0 radical (unpaired) electrons. The van der Waals surface area contributed by atoms with Gasteiger partial charge in [0.2, 0.25) is 0 Å². The molecular weight excluding hydrogens is 248 g/mol. The molecule has 20 heavy (non-hydrogen) atoms. The Morgan fingerprint density at radius 3 is 2.70 bits per heavy atom. The molecule has 2 rings (SSSR count). The van der Waals surface area contributed by atoms with E-state index in [0.717, 1.165) is 41.2 Å². The van der Waals surface area contributed by atoms with Gasteiger partial charge in [0.25, 0.3) is 0 Å². The molecule has 0 bridgehead atoms. The summed E-state index contributed by atoms with van der Waals surface area (Å²) < 4.78 is 0. The quantitative estimate of drug-likeness (QED) is 0.906. The first-order chi connectivity index (χ1) is 9.63. The highest BCUT2D eigenvalue weighted by molar-refractivity contribution is 5.58. The third-order valence-electron chi connectivity index (χ3n) is 3.45. The largest absolute Gasteiger partial charge is 0.310 e. The van der Waals surface area contributed by atoms with Crippen molar-refractivity contribution in [2.24, 2.45) is 0 Å². The summed E-state index contributed by atoms with van der Waals surface area (Å²) >= 11 is 0. The Morgan fingerprint density at radius 2 is 2.05 bits per heavy atom. The standard InChI is InChI=1S/C16H22N4/c1-5-7-18-12(3)15-10-19-16(20-13(15)4)14-6-8-17-9-11(14)2/h6,8-10,12,18H,5,7H2,1-4H3. The first kappa shape index (κ1) is 14.6. The first-order valence-corrected chi connectivity index (χ1v) is 7.11. The highest BCUT2D eigenvalue weighted by Gasteiger charge is 2.12. The van der Waals surface area contributed by atoms with Crippen LogP contribution >= 0.6 is 0 Å². The topological polar surface area (TPSA) is 50.7 Å². The van der Waals surface area contributed by atoms with E-state index in [9.17, 15) is 0 Å². The smallest absolute Gasteiger partial charge is 0.159 e. The van der Waals surface area contributed by atoms with Gasteiger partial charge in [0, 0.05) is 41.5 Å². The van der Waals surface area contributed by atoms with Gasteiger partial charge in [-0.1, -0.05) is 6.92 Å². The number of nitrogens with zero attached hydrogens (tertiary/aromatic N) is 3. The summed E-state index contributed by atoms with van der Waals surface area (Å²) in [6, 6.07) is 2.24. The number of hydrogen-bond acceptors (Lipinski definition) is 4. The second kappa shape index (κ2) is 6.57. The Morgan fingerprint density at radius 1 is 1.25 bits per heavy atom. The molecule has 0 amide bonds. The Labute approximate surface area is 120 Å². The van der Waals surface area contributed by atoms with Gasteiger partial charge >= 0.3 is 0 Å². The SMILES string of the molecule is CCCNC(C)c1cnc(-c2ccncc2C)nc1C. The molecule has 1 N–H and O–H groups in total. The number of rotatable bonds is 5. The summed E-state index contributed by atoms with van der Waals surface area (Å²) in [6.07, 6.45) is 6.68. The first-order valence-electron chi connectivity index (χ1n) is 7.11. The van der Waals surface area contributed by atoms with Crippen molar-refractivity contribution in [1.82, 2.24) is 20.3 Å². The fourth-order valence-corrected chi connectivity index (χ4v) is 2.23. The lowest BCUT2D eigenvalue weighted by atomic mass is 10.1. The molecule has 0 spiro atoms. The monoisotopic (exact) mass is 270 g/mol. The maximum Gasteiger partial charge on any atom is 0.159 e.